The van der Waals surface area contributed by atoms with Gasteiger partial charge in [0.25, 0.3) is 0 Å². The van der Waals surface area contributed by atoms with Gasteiger partial charge in [0.1, 0.15) is 29.3 Å². The van der Waals surface area contributed by atoms with Crippen LogP contribution in [-0.2, 0) is 11.3 Å². The third kappa shape index (κ3) is 3.22. The molecule has 0 aliphatic heterocycles. The molecule has 0 saturated carbocycles. The molecule has 7 heteroatoms. The first-order chi connectivity index (χ1) is 11.1. The number of hydrogen-bond acceptors (Lipinski definition) is 5. The Hall–Kier alpha value is -2.73. The number of phenols is 1. The number of methoxy groups -OCH3 is 1. The van der Waals surface area contributed by atoms with Crippen LogP contribution in [0.15, 0.2) is 42.7 Å². The van der Waals surface area contributed by atoms with Crippen molar-refractivity contribution < 1.29 is 19.4 Å². The lowest BCUT2D eigenvalue weighted by Gasteiger charge is -2.06. The van der Waals surface area contributed by atoms with Crippen LogP contribution in [0.1, 0.15) is 16.1 Å². The number of imidazole rings is 1. The monoisotopic (exact) mass is 332 g/mol. The highest BCUT2D eigenvalue weighted by Gasteiger charge is 2.14. The second-order valence-corrected chi connectivity index (χ2v) is 5.24. The molecule has 0 atom stereocenters. The van der Waals surface area contributed by atoms with Crippen molar-refractivity contribution in [2.24, 2.45) is 0 Å². The molecular weight excluding hydrogens is 320 g/mol. The Balaban J connectivity index is 1.72. The van der Waals surface area contributed by atoms with Crippen LogP contribution in [0.4, 0.5) is 0 Å². The molecule has 3 rings (SSSR count). The molecule has 0 bridgehead atoms. The Morgan fingerprint density at radius 2 is 2.13 bits per heavy atom. The number of ether oxygens (including phenoxy) is 2. The van der Waals surface area contributed by atoms with Crippen LogP contribution in [0.25, 0.3) is 5.65 Å². The van der Waals surface area contributed by atoms with Gasteiger partial charge in [-0.2, -0.15) is 0 Å². The number of fused-ring (bicyclic) bond motifs is 1. The molecule has 3 aromatic rings. The van der Waals surface area contributed by atoms with E-state index < -0.39 is 5.97 Å². The number of hydrogen-bond donors (Lipinski definition) is 1. The predicted octanol–water partition coefficient (Wildman–Crippen LogP) is 3.06. The van der Waals surface area contributed by atoms with E-state index in [4.69, 9.17) is 21.1 Å². The molecule has 1 N–H and O–H groups in total. The topological polar surface area (TPSA) is 73.1 Å². The summed E-state index contributed by atoms with van der Waals surface area (Å²) in [6, 6.07) is 7.87. The molecule has 0 amide bonds. The third-order valence-corrected chi connectivity index (χ3v) is 3.46. The average molecular weight is 333 g/mol. The van der Waals surface area contributed by atoms with Crippen molar-refractivity contribution in [3.05, 3.63) is 59.0 Å². The van der Waals surface area contributed by atoms with E-state index in [1.54, 1.807) is 35.0 Å². The van der Waals surface area contributed by atoms with Gasteiger partial charge >= 0.3 is 5.97 Å². The molecular formula is C16H13ClN2O4. The second kappa shape index (κ2) is 6.18. The van der Waals surface area contributed by atoms with E-state index in [1.807, 2.05) is 0 Å². The molecule has 2 heterocycles. The van der Waals surface area contributed by atoms with Crippen molar-refractivity contribution in [2.45, 2.75) is 6.61 Å². The van der Waals surface area contributed by atoms with Crippen LogP contribution in [0.3, 0.4) is 0 Å². The SMILES string of the molecule is COc1ccc(C(=O)OCc2cn3cc(Cl)ccc3n2)c(O)c1. The molecule has 118 valence electrons. The standard InChI is InChI=1S/C16H13ClN2O4/c1-22-12-3-4-13(14(20)6-12)16(21)23-9-11-8-19-7-10(17)2-5-15(19)18-11/h2-8,20H,9H2,1H3. The van der Waals surface area contributed by atoms with Gasteiger partial charge in [-0.3, -0.25) is 0 Å². The molecule has 0 spiro atoms. The maximum atomic E-state index is 12.0. The molecule has 0 radical (unpaired) electrons. The number of halogens is 1. The predicted molar refractivity (Wildman–Crippen MR) is 84.0 cm³/mol. The summed E-state index contributed by atoms with van der Waals surface area (Å²) in [4.78, 5) is 16.3. The normalized spacial score (nSPS) is 10.7. The highest BCUT2D eigenvalue weighted by molar-refractivity contribution is 6.30. The zero-order chi connectivity index (χ0) is 16.4. The number of pyridine rings is 1. The maximum absolute atomic E-state index is 12.0. The van der Waals surface area contributed by atoms with E-state index in [2.05, 4.69) is 4.98 Å². The minimum atomic E-state index is -0.639. The summed E-state index contributed by atoms with van der Waals surface area (Å²) in [7, 11) is 1.47. The molecule has 1 aromatic carbocycles. The van der Waals surface area contributed by atoms with Crippen molar-refractivity contribution in [2.75, 3.05) is 7.11 Å². The summed E-state index contributed by atoms with van der Waals surface area (Å²) in [6.45, 7) is -0.0103. The summed E-state index contributed by atoms with van der Waals surface area (Å²) in [5.74, 6) is -0.382. The van der Waals surface area contributed by atoms with Crippen LogP contribution >= 0.6 is 11.6 Å². The number of phenolic OH excluding ortho intramolecular Hbond substituents is 1. The molecule has 0 aliphatic carbocycles. The fourth-order valence-corrected chi connectivity index (χ4v) is 2.28. The van der Waals surface area contributed by atoms with Gasteiger partial charge in [-0.1, -0.05) is 11.6 Å². The fourth-order valence-electron chi connectivity index (χ4n) is 2.12. The maximum Gasteiger partial charge on any atom is 0.342 e. The van der Waals surface area contributed by atoms with E-state index >= 15 is 0 Å². The third-order valence-electron chi connectivity index (χ3n) is 3.24. The Morgan fingerprint density at radius 3 is 2.87 bits per heavy atom. The highest BCUT2D eigenvalue weighted by Crippen LogP contribution is 2.24. The number of aromatic nitrogens is 2. The van der Waals surface area contributed by atoms with Gasteiger partial charge in [0.2, 0.25) is 0 Å². The van der Waals surface area contributed by atoms with Crippen LogP contribution in [0.2, 0.25) is 5.02 Å². The molecule has 0 unspecified atom stereocenters. The molecule has 2 aromatic heterocycles. The van der Waals surface area contributed by atoms with Crippen LogP contribution < -0.4 is 4.74 Å². The fraction of sp³-hybridized carbons (Fsp3) is 0.125. The van der Waals surface area contributed by atoms with Crippen LogP contribution in [0.5, 0.6) is 11.5 Å². The van der Waals surface area contributed by atoms with E-state index in [0.717, 1.165) is 0 Å². The summed E-state index contributed by atoms with van der Waals surface area (Å²) < 4.78 is 11.9. The van der Waals surface area contributed by atoms with Gasteiger partial charge < -0.3 is 19.0 Å². The van der Waals surface area contributed by atoms with Crippen molar-refractivity contribution in [1.29, 1.82) is 0 Å². The van der Waals surface area contributed by atoms with E-state index in [0.29, 0.717) is 22.1 Å². The minimum absolute atomic E-state index is 0.0103. The first kappa shape index (κ1) is 15.2. The summed E-state index contributed by atoms with van der Waals surface area (Å²) in [5, 5.41) is 10.4. The van der Waals surface area contributed by atoms with E-state index in [-0.39, 0.29) is 17.9 Å². The Kier molecular flexibility index (Phi) is 4.08. The van der Waals surface area contributed by atoms with Gasteiger partial charge in [0.15, 0.2) is 0 Å². The van der Waals surface area contributed by atoms with Crippen LogP contribution in [0, 0.1) is 0 Å². The molecule has 0 fully saturated rings. The molecule has 23 heavy (non-hydrogen) atoms. The number of rotatable bonds is 4. The molecule has 0 aliphatic rings. The number of benzene rings is 1. The van der Waals surface area contributed by atoms with Gasteiger partial charge in [0, 0.05) is 18.5 Å². The van der Waals surface area contributed by atoms with Crippen molar-refractivity contribution in [1.82, 2.24) is 9.38 Å². The summed E-state index contributed by atoms with van der Waals surface area (Å²) >= 11 is 5.91. The van der Waals surface area contributed by atoms with Gasteiger partial charge in [-0.05, 0) is 24.3 Å². The Morgan fingerprint density at radius 1 is 1.30 bits per heavy atom. The number of aromatic hydroxyl groups is 1. The quantitative estimate of drug-likeness (QED) is 0.743. The van der Waals surface area contributed by atoms with Crippen molar-refractivity contribution >= 4 is 23.2 Å². The largest absolute Gasteiger partial charge is 0.507 e. The van der Waals surface area contributed by atoms with E-state index in [9.17, 15) is 9.90 Å². The minimum Gasteiger partial charge on any atom is -0.507 e. The van der Waals surface area contributed by atoms with E-state index in [1.165, 1.54) is 19.2 Å². The number of carbonyl (C=O) groups excluding carboxylic acids is 1. The average Bonchev–Trinajstić information content (AvgIpc) is 2.94. The Bertz CT molecular complexity index is 876. The van der Waals surface area contributed by atoms with Crippen molar-refractivity contribution in [3.63, 3.8) is 0 Å². The number of carbonyl (C=O) groups is 1. The summed E-state index contributed by atoms with van der Waals surface area (Å²) in [6.07, 6.45) is 3.44. The number of nitrogens with zero attached hydrogens (tertiary/aromatic N) is 2. The zero-order valence-electron chi connectivity index (χ0n) is 12.2. The first-order valence-electron chi connectivity index (χ1n) is 6.74. The number of esters is 1. The highest BCUT2D eigenvalue weighted by atomic mass is 35.5. The lowest BCUT2D eigenvalue weighted by molar-refractivity contribution is 0.0465. The summed E-state index contributed by atoms with van der Waals surface area (Å²) in [5.41, 5.74) is 1.35. The zero-order valence-corrected chi connectivity index (χ0v) is 12.9. The lowest BCUT2D eigenvalue weighted by Crippen LogP contribution is -2.05. The molecule has 6 nitrogen and oxygen atoms in total. The van der Waals surface area contributed by atoms with Crippen molar-refractivity contribution in [3.8, 4) is 11.5 Å². The lowest BCUT2D eigenvalue weighted by atomic mass is 10.2. The van der Waals surface area contributed by atoms with Gasteiger partial charge in [-0.25, -0.2) is 9.78 Å². The van der Waals surface area contributed by atoms with Gasteiger partial charge in [0.05, 0.1) is 17.8 Å². The van der Waals surface area contributed by atoms with Gasteiger partial charge in [-0.15, -0.1) is 0 Å². The first-order valence-corrected chi connectivity index (χ1v) is 7.12. The second-order valence-electron chi connectivity index (χ2n) is 4.80. The van der Waals surface area contributed by atoms with Crippen LogP contribution in [-0.4, -0.2) is 27.6 Å². The Labute approximate surface area is 136 Å². The molecule has 0 saturated heterocycles. The smallest absolute Gasteiger partial charge is 0.342 e.